The molecule has 0 radical (unpaired) electrons. The third kappa shape index (κ3) is 11.9. The van der Waals surface area contributed by atoms with Crippen molar-refractivity contribution in [3.8, 4) is 0 Å². The van der Waals surface area contributed by atoms with E-state index in [9.17, 15) is 0 Å². The van der Waals surface area contributed by atoms with Gasteiger partial charge >= 0.3 is 0 Å². The van der Waals surface area contributed by atoms with E-state index >= 15 is 0 Å². The lowest BCUT2D eigenvalue weighted by molar-refractivity contribution is 0.419. The van der Waals surface area contributed by atoms with Crippen LogP contribution < -0.4 is 5.32 Å². The van der Waals surface area contributed by atoms with Crippen LogP contribution in [0.3, 0.4) is 0 Å². The highest BCUT2D eigenvalue weighted by molar-refractivity contribution is 4.58. The van der Waals surface area contributed by atoms with Crippen molar-refractivity contribution in [1.29, 1.82) is 0 Å². The van der Waals surface area contributed by atoms with Gasteiger partial charge in [0.25, 0.3) is 0 Å². The molecule has 0 heterocycles. The van der Waals surface area contributed by atoms with Crippen LogP contribution in [-0.2, 0) is 0 Å². The van der Waals surface area contributed by atoms with Gasteiger partial charge in [-0.25, -0.2) is 0 Å². The molecule has 0 aromatic rings. The molecule has 1 atom stereocenters. The Morgan fingerprint density at radius 3 is 2.00 bits per heavy atom. The van der Waals surface area contributed by atoms with Crippen molar-refractivity contribution in [3.63, 3.8) is 0 Å². The molecule has 0 aliphatic heterocycles. The predicted molar refractivity (Wildman–Crippen MR) is 70.2 cm³/mol. The number of rotatable bonds is 9. The Morgan fingerprint density at radius 1 is 0.800 bits per heavy atom. The van der Waals surface area contributed by atoms with Crippen molar-refractivity contribution in [3.05, 3.63) is 0 Å². The van der Waals surface area contributed by atoms with Gasteiger partial charge in [-0.3, -0.25) is 0 Å². The zero-order valence-electron chi connectivity index (χ0n) is 11.5. The Balaban J connectivity index is 3.22. The maximum Gasteiger partial charge on any atom is -0.00258 e. The van der Waals surface area contributed by atoms with E-state index < -0.39 is 0 Å². The Morgan fingerprint density at radius 2 is 1.47 bits per heavy atom. The number of nitrogens with one attached hydrogen (secondary N) is 1. The molecule has 1 N–H and O–H groups in total. The van der Waals surface area contributed by atoms with Crippen LogP contribution in [-0.4, -0.2) is 13.1 Å². The lowest BCUT2D eigenvalue weighted by atomic mass is 9.97. The van der Waals surface area contributed by atoms with Gasteiger partial charge in [0.15, 0.2) is 0 Å². The van der Waals surface area contributed by atoms with E-state index in [4.69, 9.17) is 0 Å². The van der Waals surface area contributed by atoms with Crippen LogP contribution >= 0.6 is 0 Å². The van der Waals surface area contributed by atoms with Crippen LogP contribution in [0.1, 0.15) is 60.3 Å². The molecule has 0 bridgehead atoms. The first-order valence-electron chi connectivity index (χ1n) is 6.73. The summed E-state index contributed by atoms with van der Waals surface area (Å²) in [7, 11) is 0. The Kier molecular flexibility index (Phi) is 9.18. The first-order valence-corrected chi connectivity index (χ1v) is 6.73. The van der Waals surface area contributed by atoms with Gasteiger partial charge in [0.2, 0.25) is 0 Å². The van der Waals surface area contributed by atoms with Crippen molar-refractivity contribution in [2.24, 2.45) is 17.8 Å². The maximum atomic E-state index is 3.51. The second-order valence-corrected chi connectivity index (χ2v) is 5.82. The molecule has 0 saturated carbocycles. The van der Waals surface area contributed by atoms with Gasteiger partial charge in [-0.15, -0.1) is 0 Å². The molecule has 0 aliphatic carbocycles. The predicted octanol–water partition coefficient (Wildman–Crippen LogP) is 4.08. The Hall–Kier alpha value is -0.0400. The normalized spacial score (nSPS) is 13.8. The molecule has 0 aromatic heterocycles. The quantitative estimate of drug-likeness (QED) is 0.569. The molecular weight excluding hydrogens is 182 g/mol. The molecule has 0 amide bonds. The molecule has 1 nitrogen and oxygen atoms in total. The van der Waals surface area contributed by atoms with E-state index in [0.29, 0.717) is 0 Å². The van der Waals surface area contributed by atoms with Crippen molar-refractivity contribution < 1.29 is 0 Å². The summed E-state index contributed by atoms with van der Waals surface area (Å²) in [4.78, 5) is 0. The highest BCUT2D eigenvalue weighted by atomic mass is 14.8. The SMILES string of the molecule is CC(C)CCCC(C)CCNCC(C)C. The summed E-state index contributed by atoms with van der Waals surface area (Å²) >= 11 is 0. The summed E-state index contributed by atoms with van der Waals surface area (Å²) in [5.74, 6) is 2.54. The summed E-state index contributed by atoms with van der Waals surface area (Å²) < 4.78 is 0. The lowest BCUT2D eigenvalue weighted by Crippen LogP contribution is -2.22. The molecule has 1 unspecified atom stereocenters. The van der Waals surface area contributed by atoms with E-state index in [1.165, 1.54) is 38.8 Å². The average molecular weight is 213 g/mol. The molecule has 0 saturated heterocycles. The molecule has 0 rings (SSSR count). The molecular formula is C14H31N. The van der Waals surface area contributed by atoms with Crippen molar-refractivity contribution in [2.75, 3.05) is 13.1 Å². The summed E-state index contributed by atoms with van der Waals surface area (Å²) in [5.41, 5.74) is 0. The van der Waals surface area contributed by atoms with Crippen LogP contribution in [0.15, 0.2) is 0 Å². The maximum absolute atomic E-state index is 3.51. The largest absolute Gasteiger partial charge is 0.316 e. The smallest absolute Gasteiger partial charge is 0.00258 e. The van der Waals surface area contributed by atoms with E-state index in [2.05, 4.69) is 39.9 Å². The van der Waals surface area contributed by atoms with Crippen LogP contribution in [0, 0.1) is 17.8 Å². The van der Waals surface area contributed by atoms with Crippen molar-refractivity contribution in [1.82, 2.24) is 5.32 Å². The topological polar surface area (TPSA) is 12.0 Å². The van der Waals surface area contributed by atoms with Gasteiger partial charge in [-0.2, -0.15) is 0 Å². The third-order valence-corrected chi connectivity index (χ3v) is 2.84. The summed E-state index contributed by atoms with van der Waals surface area (Å²) in [6, 6.07) is 0. The molecule has 0 fully saturated rings. The highest BCUT2D eigenvalue weighted by Crippen LogP contribution is 2.14. The zero-order chi connectivity index (χ0) is 11.7. The molecule has 0 aliphatic rings. The fourth-order valence-corrected chi connectivity index (χ4v) is 1.76. The van der Waals surface area contributed by atoms with Crippen LogP contribution in [0.25, 0.3) is 0 Å². The van der Waals surface area contributed by atoms with Gasteiger partial charge < -0.3 is 5.32 Å². The van der Waals surface area contributed by atoms with Gasteiger partial charge in [-0.1, -0.05) is 53.9 Å². The van der Waals surface area contributed by atoms with E-state index in [1.54, 1.807) is 0 Å². The zero-order valence-corrected chi connectivity index (χ0v) is 11.5. The lowest BCUT2D eigenvalue weighted by Gasteiger charge is -2.13. The molecule has 0 spiro atoms. The van der Waals surface area contributed by atoms with E-state index in [1.807, 2.05) is 0 Å². The fourth-order valence-electron chi connectivity index (χ4n) is 1.76. The minimum Gasteiger partial charge on any atom is -0.316 e. The second-order valence-electron chi connectivity index (χ2n) is 5.82. The molecule has 1 heteroatoms. The summed E-state index contributed by atoms with van der Waals surface area (Å²) in [5, 5.41) is 3.51. The molecule has 92 valence electrons. The second kappa shape index (κ2) is 9.21. The summed E-state index contributed by atoms with van der Waals surface area (Å²) in [6.07, 6.45) is 5.54. The van der Waals surface area contributed by atoms with E-state index in [-0.39, 0.29) is 0 Å². The number of hydrogen-bond donors (Lipinski definition) is 1. The highest BCUT2D eigenvalue weighted by Gasteiger charge is 2.03. The Labute approximate surface area is 97.0 Å². The van der Waals surface area contributed by atoms with Crippen molar-refractivity contribution >= 4 is 0 Å². The molecule has 15 heavy (non-hydrogen) atoms. The van der Waals surface area contributed by atoms with Gasteiger partial charge in [0.1, 0.15) is 0 Å². The van der Waals surface area contributed by atoms with Gasteiger partial charge in [0.05, 0.1) is 0 Å². The minimum atomic E-state index is 0.779. The van der Waals surface area contributed by atoms with Gasteiger partial charge in [0, 0.05) is 0 Å². The van der Waals surface area contributed by atoms with Crippen LogP contribution in [0.5, 0.6) is 0 Å². The van der Waals surface area contributed by atoms with Crippen LogP contribution in [0.2, 0.25) is 0 Å². The van der Waals surface area contributed by atoms with E-state index in [0.717, 1.165) is 17.8 Å². The Bertz CT molecular complexity index is 129. The first-order chi connectivity index (χ1) is 7.02. The van der Waals surface area contributed by atoms with Gasteiger partial charge in [-0.05, 0) is 37.3 Å². The fraction of sp³-hybridized carbons (Fsp3) is 1.00. The number of hydrogen-bond acceptors (Lipinski definition) is 1. The molecule has 0 aromatic carbocycles. The monoisotopic (exact) mass is 213 g/mol. The average Bonchev–Trinajstić information content (AvgIpc) is 2.11. The summed E-state index contributed by atoms with van der Waals surface area (Å²) in [6.45, 7) is 13.9. The standard InChI is InChI=1S/C14H31N/c1-12(2)7-6-8-14(5)9-10-15-11-13(3)4/h12-15H,6-11H2,1-5H3. The van der Waals surface area contributed by atoms with Crippen molar-refractivity contribution in [2.45, 2.75) is 60.3 Å². The van der Waals surface area contributed by atoms with Crippen LogP contribution in [0.4, 0.5) is 0 Å². The third-order valence-electron chi connectivity index (χ3n) is 2.84. The first kappa shape index (κ1) is 15.0. The minimum absolute atomic E-state index is 0.779.